The molecular formula is C20H17Cl2N3O3S. The highest BCUT2D eigenvalue weighted by molar-refractivity contribution is 7.92. The predicted octanol–water partition coefficient (Wildman–Crippen LogP) is 4.06. The Balaban J connectivity index is 1.76. The van der Waals surface area contributed by atoms with Crippen molar-refractivity contribution in [1.29, 1.82) is 0 Å². The number of nitrogens with zero attached hydrogens (tertiary/aromatic N) is 2. The quantitative estimate of drug-likeness (QED) is 0.455. The van der Waals surface area contributed by atoms with Crippen LogP contribution in [0.1, 0.15) is 5.56 Å². The first kappa shape index (κ1) is 21.1. The topological polar surface area (TPSA) is 78.8 Å². The summed E-state index contributed by atoms with van der Waals surface area (Å²) in [5.74, 6) is -0.608. The number of fused-ring (bicyclic) bond motifs is 1. The third-order valence-corrected chi connectivity index (χ3v) is 5.62. The first-order valence-electron chi connectivity index (χ1n) is 8.47. The van der Waals surface area contributed by atoms with Gasteiger partial charge in [0, 0.05) is 15.6 Å². The van der Waals surface area contributed by atoms with E-state index in [1.807, 2.05) is 42.5 Å². The second-order valence-corrected chi connectivity index (χ2v) is 9.04. The number of sulfonamides is 1. The number of hydrazone groups is 1. The number of hydrogen-bond donors (Lipinski definition) is 1. The van der Waals surface area contributed by atoms with E-state index in [9.17, 15) is 13.2 Å². The highest BCUT2D eigenvalue weighted by atomic mass is 35.5. The zero-order chi connectivity index (χ0) is 21.0. The number of nitrogens with one attached hydrogen (secondary N) is 1. The van der Waals surface area contributed by atoms with E-state index in [2.05, 4.69) is 10.5 Å². The van der Waals surface area contributed by atoms with E-state index in [1.165, 1.54) is 24.4 Å². The van der Waals surface area contributed by atoms with Crippen molar-refractivity contribution in [2.45, 2.75) is 0 Å². The Morgan fingerprint density at radius 3 is 2.41 bits per heavy atom. The number of amides is 1. The Hall–Kier alpha value is -2.61. The van der Waals surface area contributed by atoms with Gasteiger partial charge in [0.1, 0.15) is 6.54 Å². The molecule has 1 N–H and O–H groups in total. The standard InChI is InChI=1S/C20H17Cl2N3O3S/c1-29(27,28)25(18-10-16(21)9-17(22)11-18)13-20(26)24-23-12-15-7-4-6-14-5-2-3-8-19(14)15/h2-12H,13H2,1H3,(H,24,26)/b23-12-. The molecule has 0 saturated heterocycles. The molecule has 9 heteroatoms. The number of carbonyl (C=O) groups excluding carboxylic acids is 1. The second kappa shape index (κ2) is 8.82. The molecule has 0 aromatic heterocycles. The summed E-state index contributed by atoms with van der Waals surface area (Å²) >= 11 is 11.9. The first-order valence-corrected chi connectivity index (χ1v) is 11.1. The maximum Gasteiger partial charge on any atom is 0.260 e. The van der Waals surface area contributed by atoms with Crippen molar-refractivity contribution >= 4 is 61.8 Å². The van der Waals surface area contributed by atoms with Crippen LogP contribution < -0.4 is 9.73 Å². The van der Waals surface area contributed by atoms with Crippen LogP contribution >= 0.6 is 23.2 Å². The van der Waals surface area contributed by atoms with Gasteiger partial charge in [0.25, 0.3) is 5.91 Å². The average Bonchev–Trinajstić information content (AvgIpc) is 2.64. The van der Waals surface area contributed by atoms with Crippen LogP contribution in [0, 0.1) is 0 Å². The van der Waals surface area contributed by atoms with Crippen LogP contribution in [0.4, 0.5) is 5.69 Å². The van der Waals surface area contributed by atoms with Gasteiger partial charge >= 0.3 is 0 Å². The number of benzene rings is 3. The lowest BCUT2D eigenvalue weighted by molar-refractivity contribution is -0.119. The van der Waals surface area contributed by atoms with Gasteiger partial charge in [-0.1, -0.05) is 65.7 Å². The largest absolute Gasteiger partial charge is 0.271 e. The van der Waals surface area contributed by atoms with E-state index in [1.54, 1.807) is 0 Å². The number of rotatable bonds is 6. The van der Waals surface area contributed by atoms with Gasteiger partial charge in [-0.25, -0.2) is 13.8 Å². The first-order chi connectivity index (χ1) is 13.7. The SMILES string of the molecule is CS(=O)(=O)N(CC(=O)N/N=C\c1cccc2ccccc12)c1cc(Cl)cc(Cl)c1. The fourth-order valence-corrected chi connectivity index (χ4v) is 4.14. The van der Waals surface area contributed by atoms with E-state index < -0.39 is 22.5 Å². The smallest absolute Gasteiger partial charge is 0.260 e. The summed E-state index contributed by atoms with van der Waals surface area (Å²) in [5, 5.41) is 6.51. The van der Waals surface area contributed by atoms with Gasteiger partial charge in [-0.2, -0.15) is 5.10 Å². The summed E-state index contributed by atoms with van der Waals surface area (Å²) in [4.78, 5) is 12.3. The Morgan fingerprint density at radius 1 is 1.07 bits per heavy atom. The van der Waals surface area contributed by atoms with Gasteiger partial charge < -0.3 is 0 Å². The number of hydrogen-bond acceptors (Lipinski definition) is 4. The maximum absolute atomic E-state index is 12.3. The molecule has 0 fully saturated rings. The van der Waals surface area contributed by atoms with Crippen molar-refractivity contribution in [3.05, 3.63) is 76.3 Å². The zero-order valence-electron chi connectivity index (χ0n) is 15.3. The Kier molecular flexibility index (Phi) is 6.42. The Bertz CT molecular complexity index is 1170. The van der Waals surface area contributed by atoms with Crippen LogP contribution in [0.3, 0.4) is 0 Å². The highest BCUT2D eigenvalue weighted by Gasteiger charge is 2.21. The van der Waals surface area contributed by atoms with Crippen molar-refractivity contribution in [3.8, 4) is 0 Å². The molecular weight excluding hydrogens is 433 g/mol. The van der Waals surface area contributed by atoms with Crippen molar-refractivity contribution in [2.75, 3.05) is 17.1 Å². The number of halogens is 2. The molecule has 150 valence electrons. The van der Waals surface area contributed by atoms with Gasteiger partial charge in [-0.3, -0.25) is 9.10 Å². The molecule has 0 aliphatic heterocycles. The van der Waals surface area contributed by atoms with Crippen LogP contribution in [0.15, 0.2) is 65.8 Å². The lowest BCUT2D eigenvalue weighted by Crippen LogP contribution is -2.39. The summed E-state index contributed by atoms with van der Waals surface area (Å²) < 4.78 is 25.2. The lowest BCUT2D eigenvalue weighted by Gasteiger charge is -2.21. The van der Waals surface area contributed by atoms with Crippen molar-refractivity contribution in [3.63, 3.8) is 0 Å². The van der Waals surface area contributed by atoms with Crippen LogP contribution in [0.2, 0.25) is 10.0 Å². The molecule has 0 atom stereocenters. The molecule has 3 aromatic rings. The molecule has 0 unspecified atom stereocenters. The lowest BCUT2D eigenvalue weighted by atomic mass is 10.1. The molecule has 3 aromatic carbocycles. The fourth-order valence-electron chi connectivity index (χ4n) is 2.79. The number of carbonyl (C=O) groups is 1. The predicted molar refractivity (Wildman–Crippen MR) is 118 cm³/mol. The fraction of sp³-hybridized carbons (Fsp3) is 0.100. The van der Waals surface area contributed by atoms with E-state index in [0.717, 1.165) is 26.9 Å². The van der Waals surface area contributed by atoms with Crippen LogP contribution in [0.25, 0.3) is 10.8 Å². The molecule has 0 radical (unpaired) electrons. The van der Waals surface area contributed by atoms with Gasteiger partial charge in [0.05, 0.1) is 18.2 Å². The average molecular weight is 450 g/mol. The molecule has 0 saturated carbocycles. The van der Waals surface area contributed by atoms with Crippen LogP contribution in [0.5, 0.6) is 0 Å². The minimum Gasteiger partial charge on any atom is -0.271 e. The van der Waals surface area contributed by atoms with Crippen LogP contribution in [-0.2, 0) is 14.8 Å². The number of anilines is 1. The Labute approximate surface area is 178 Å². The summed E-state index contributed by atoms with van der Waals surface area (Å²) in [6, 6.07) is 17.8. The van der Waals surface area contributed by atoms with E-state index in [-0.39, 0.29) is 15.7 Å². The third kappa shape index (κ3) is 5.47. The molecule has 0 heterocycles. The van der Waals surface area contributed by atoms with Gasteiger partial charge in [0.15, 0.2) is 0 Å². The molecule has 0 aliphatic carbocycles. The monoisotopic (exact) mass is 449 g/mol. The molecule has 29 heavy (non-hydrogen) atoms. The molecule has 1 amide bonds. The highest BCUT2D eigenvalue weighted by Crippen LogP contribution is 2.26. The van der Waals surface area contributed by atoms with Gasteiger partial charge in [0.2, 0.25) is 10.0 Å². The van der Waals surface area contributed by atoms with Gasteiger partial charge in [-0.15, -0.1) is 0 Å². The van der Waals surface area contributed by atoms with Crippen LogP contribution in [-0.4, -0.2) is 33.3 Å². The van der Waals surface area contributed by atoms with Gasteiger partial charge in [-0.05, 0) is 29.0 Å². The molecule has 6 nitrogen and oxygen atoms in total. The molecule has 0 aliphatic rings. The van der Waals surface area contributed by atoms with E-state index in [0.29, 0.717) is 0 Å². The van der Waals surface area contributed by atoms with Crippen molar-refractivity contribution < 1.29 is 13.2 Å². The summed E-state index contributed by atoms with van der Waals surface area (Å²) in [6.45, 7) is -0.470. The molecule has 0 bridgehead atoms. The maximum atomic E-state index is 12.3. The van der Waals surface area contributed by atoms with E-state index >= 15 is 0 Å². The van der Waals surface area contributed by atoms with Crippen molar-refractivity contribution in [1.82, 2.24) is 5.43 Å². The second-order valence-electron chi connectivity index (χ2n) is 6.26. The Morgan fingerprint density at radius 2 is 1.72 bits per heavy atom. The third-order valence-electron chi connectivity index (χ3n) is 4.04. The summed E-state index contributed by atoms with van der Waals surface area (Å²) in [6.07, 6.45) is 2.51. The van der Waals surface area contributed by atoms with E-state index in [4.69, 9.17) is 23.2 Å². The molecule has 3 rings (SSSR count). The summed E-state index contributed by atoms with van der Waals surface area (Å²) in [7, 11) is -3.75. The zero-order valence-corrected chi connectivity index (χ0v) is 17.7. The normalized spacial score (nSPS) is 11.7. The molecule has 0 spiro atoms. The minimum atomic E-state index is -3.75. The van der Waals surface area contributed by atoms with Crippen molar-refractivity contribution in [2.24, 2.45) is 5.10 Å². The minimum absolute atomic E-state index is 0.193. The summed E-state index contributed by atoms with van der Waals surface area (Å²) in [5.41, 5.74) is 3.37.